The Labute approximate surface area is 136 Å². The summed E-state index contributed by atoms with van der Waals surface area (Å²) in [6.45, 7) is 0. The molecular formula is C17H11N5O2. The van der Waals surface area contributed by atoms with Crippen LogP contribution >= 0.6 is 0 Å². The van der Waals surface area contributed by atoms with E-state index in [1.165, 1.54) is 6.39 Å². The number of amides is 1. The molecule has 0 atom stereocenters. The van der Waals surface area contributed by atoms with Crippen molar-refractivity contribution in [3.8, 4) is 11.5 Å². The fraction of sp³-hybridized carbons (Fsp3) is 0. The number of fused-ring (bicyclic) bond motifs is 1. The van der Waals surface area contributed by atoms with E-state index in [0.29, 0.717) is 28.4 Å². The number of hydrogen-bond donors (Lipinski definition) is 1. The summed E-state index contributed by atoms with van der Waals surface area (Å²) in [5.41, 5.74) is 1.87. The maximum atomic E-state index is 12.2. The molecule has 0 aliphatic rings. The number of anilines is 1. The van der Waals surface area contributed by atoms with Gasteiger partial charge < -0.3 is 9.73 Å². The SMILES string of the molecule is O=C(Nc1cc2nc(-c3cnco3)ccc2cn1)c1ccncc1. The lowest BCUT2D eigenvalue weighted by atomic mass is 10.2. The van der Waals surface area contributed by atoms with E-state index in [-0.39, 0.29) is 5.91 Å². The van der Waals surface area contributed by atoms with Crippen molar-refractivity contribution >= 4 is 22.6 Å². The molecule has 4 rings (SSSR count). The molecule has 4 heterocycles. The van der Waals surface area contributed by atoms with Gasteiger partial charge in [-0.2, -0.15) is 0 Å². The minimum Gasteiger partial charge on any atom is -0.442 e. The van der Waals surface area contributed by atoms with Crippen LogP contribution in [-0.2, 0) is 0 Å². The van der Waals surface area contributed by atoms with E-state index >= 15 is 0 Å². The number of oxazole rings is 1. The summed E-state index contributed by atoms with van der Waals surface area (Å²) in [7, 11) is 0. The number of hydrogen-bond acceptors (Lipinski definition) is 6. The van der Waals surface area contributed by atoms with Crippen LogP contribution in [0.4, 0.5) is 5.82 Å². The van der Waals surface area contributed by atoms with Gasteiger partial charge in [-0.15, -0.1) is 0 Å². The standard InChI is InChI=1S/C17H11N5O2/c23-17(11-3-5-18-6-4-11)22-16-7-14-12(8-20-16)1-2-13(21-14)15-9-19-10-24-15/h1-10H,(H,20,22,23). The first-order valence-electron chi connectivity index (χ1n) is 7.17. The monoisotopic (exact) mass is 317 g/mol. The van der Waals surface area contributed by atoms with Gasteiger partial charge in [0.05, 0.1) is 11.7 Å². The van der Waals surface area contributed by atoms with E-state index in [0.717, 1.165) is 5.39 Å². The highest BCUT2D eigenvalue weighted by atomic mass is 16.3. The van der Waals surface area contributed by atoms with Crippen molar-refractivity contribution < 1.29 is 9.21 Å². The number of nitrogens with one attached hydrogen (secondary N) is 1. The second-order valence-electron chi connectivity index (χ2n) is 5.01. The quantitative estimate of drug-likeness (QED) is 0.624. The summed E-state index contributed by atoms with van der Waals surface area (Å²) < 4.78 is 5.26. The van der Waals surface area contributed by atoms with Gasteiger partial charge in [0.15, 0.2) is 12.2 Å². The van der Waals surface area contributed by atoms with Crippen LogP contribution in [0.25, 0.3) is 22.4 Å². The molecule has 7 nitrogen and oxygen atoms in total. The summed E-state index contributed by atoms with van der Waals surface area (Å²) in [4.78, 5) is 28.7. The average molecular weight is 317 g/mol. The minimum atomic E-state index is -0.254. The van der Waals surface area contributed by atoms with Crippen LogP contribution in [0.2, 0.25) is 0 Å². The normalized spacial score (nSPS) is 10.7. The molecular weight excluding hydrogens is 306 g/mol. The maximum Gasteiger partial charge on any atom is 0.256 e. The van der Waals surface area contributed by atoms with Crippen LogP contribution in [0.1, 0.15) is 10.4 Å². The van der Waals surface area contributed by atoms with Crippen LogP contribution in [0, 0.1) is 0 Å². The lowest BCUT2D eigenvalue weighted by Gasteiger charge is -2.06. The Kier molecular flexibility index (Phi) is 3.43. The van der Waals surface area contributed by atoms with Crippen molar-refractivity contribution in [1.82, 2.24) is 19.9 Å². The van der Waals surface area contributed by atoms with E-state index in [1.54, 1.807) is 43.0 Å². The molecule has 1 amide bonds. The van der Waals surface area contributed by atoms with Crippen LogP contribution in [0.5, 0.6) is 0 Å². The Balaban J connectivity index is 1.66. The Bertz CT molecular complexity index is 1000. The zero-order chi connectivity index (χ0) is 16.4. The fourth-order valence-electron chi connectivity index (χ4n) is 2.26. The molecule has 4 aromatic heterocycles. The molecule has 4 aromatic rings. The van der Waals surface area contributed by atoms with Crippen molar-refractivity contribution in [2.75, 3.05) is 5.32 Å². The van der Waals surface area contributed by atoms with Gasteiger partial charge in [0.25, 0.3) is 5.91 Å². The predicted octanol–water partition coefficient (Wildman–Crippen LogP) is 2.93. The van der Waals surface area contributed by atoms with Gasteiger partial charge in [0.2, 0.25) is 0 Å². The highest BCUT2D eigenvalue weighted by molar-refractivity contribution is 6.04. The number of carbonyl (C=O) groups excluding carboxylic acids is 1. The smallest absolute Gasteiger partial charge is 0.256 e. The largest absolute Gasteiger partial charge is 0.442 e. The molecule has 0 unspecified atom stereocenters. The van der Waals surface area contributed by atoms with Crippen molar-refractivity contribution in [1.29, 1.82) is 0 Å². The summed E-state index contributed by atoms with van der Waals surface area (Å²) in [6, 6.07) is 8.71. The van der Waals surface area contributed by atoms with Crippen LogP contribution < -0.4 is 5.32 Å². The molecule has 1 N–H and O–H groups in total. The molecule has 0 spiro atoms. The van der Waals surface area contributed by atoms with Gasteiger partial charge in [-0.05, 0) is 24.3 Å². The van der Waals surface area contributed by atoms with Gasteiger partial charge in [-0.1, -0.05) is 0 Å². The lowest BCUT2D eigenvalue weighted by Crippen LogP contribution is -2.12. The van der Waals surface area contributed by atoms with Crippen molar-refractivity contribution in [2.45, 2.75) is 0 Å². The van der Waals surface area contributed by atoms with E-state index in [2.05, 4.69) is 25.3 Å². The molecule has 0 aliphatic heterocycles. The maximum absolute atomic E-state index is 12.2. The molecule has 0 saturated heterocycles. The molecule has 0 aliphatic carbocycles. The van der Waals surface area contributed by atoms with Crippen molar-refractivity contribution in [3.05, 3.63) is 67.1 Å². The van der Waals surface area contributed by atoms with Crippen LogP contribution in [-0.4, -0.2) is 25.8 Å². The van der Waals surface area contributed by atoms with Crippen LogP contribution in [0.3, 0.4) is 0 Å². The zero-order valence-corrected chi connectivity index (χ0v) is 12.4. The molecule has 24 heavy (non-hydrogen) atoms. The zero-order valence-electron chi connectivity index (χ0n) is 12.4. The van der Waals surface area contributed by atoms with Gasteiger partial charge in [-0.3, -0.25) is 9.78 Å². The Morgan fingerprint density at radius 1 is 1.04 bits per heavy atom. The Morgan fingerprint density at radius 2 is 1.92 bits per heavy atom. The minimum absolute atomic E-state index is 0.254. The first-order chi connectivity index (χ1) is 11.8. The fourth-order valence-corrected chi connectivity index (χ4v) is 2.26. The highest BCUT2D eigenvalue weighted by Gasteiger charge is 2.09. The summed E-state index contributed by atoms with van der Waals surface area (Å²) in [5.74, 6) is 0.748. The molecule has 0 radical (unpaired) electrons. The first-order valence-corrected chi connectivity index (χ1v) is 7.17. The van der Waals surface area contributed by atoms with Crippen molar-refractivity contribution in [3.63, 3.8) is 0 Å². The van der Waals surface area contributed by atoms with E-state index in [1.807, 2.05) is 12.1 Å². The third-order valence-corrected chi connectivity index (χ3v) is 3.44. The third-order valence-electron chi connectivity index (χ3n) is 3.44. The van der Waals surface area contributed by atoms with Gasteiger partial charge in [0, 0.05) is 35.6 Å². The number of carbonyl (C=O) groups is 1. The molecule has 0 fully saturated rings. The number of aromatic nitrogens is 4. The lowest BCUT2D eigenvalue weighted by molar-refractivity contribution is 0.102. The highest BCUT2D eigenvalue weighted by Crippen LogP contribution is 2.21. The number of nitrogens with zero attached hydrogens (tertiary/aromatic N) is 4. The third kappa shape index (κ3) is 2.70. The molecule has 0 aromatic carbocycles. The van der Waals surface area contributed by atoms with E-state index in [4.69, 9.17) is 4.42 Å². The van der Waals surface area contributed by atoms with Gasteiger partial charge in [0.1, 0.15) is 11.5 Å². The van der Waals surface area contributed by atoms with Gasteiger partial charge >= 0.3 is 0 Å². The first kappa shape index (κ1) is 14.0. The summed E-state index contributed by atoms with van der Waals surface area (Å²) >= 11 is 0. The van der Waals surface area contributed by atoms with Crippen molar-refractivity contribution in [2.24, 2.45) is 0 Å². The number of rotatable bonds is 3. The molecule has 116 valence electrons. The van der Waals surface area contributed by atoms with E-state index in [9.17, 15) is 4.79 Å². The average Bonchev–Trinajstić information content (AvgIpc) is 3.16. The summed E-state index contributed by atoms with van der Waals surface area (Å²) in [5, 5.41) is 3.61. The number of pyridine rings is 3. The van der Waals surface area contributed by atoms with E-state index < -0.39 is 0 Å². The molecule has 0 saturated carbocycles. The Hall–Kier alpha value is -3.61. The predicted molar refractivity (Wildman–Crippen MR) is 87.2 cm³/mol. The molecule has 0 bridgehead atoms. The second-order valence-corrected chi connectivity index (χ2v) is 5.01. The second kappa shape index (κ2) is 5.88. The topological polar surface area (TPSA) is 93.8 Å². The summed E-state index contributed by atoms with van der Waals surface area (Å²) in [6.07, 6.45) is 7.74. The van der Waals surface area contributed by atoms with Gasteiger partial charge in [-0.25, -0.2) is 15.0 Å². The van der Waals surface area contributed by atoms with Crippen LogP contribution in [0.15, 0.2) is 65.9 Å². The Morgan fingerprint density at radius 3 is 2.71 bits per heavy atom. The molecule has 7 heteroatoms.